The molecule has 142 valence electrons. The van der Waals surface area contributed by atoms with E-state index in [0.29, 0.717) is 0 Å². The minimum atomic E-state index is 0.0127. The summed E-state index contributed by atoms with van der Waals surface area (Å²) >= 11 is 0. The van der Waals surface area contributed by atoms with Crippen LogP contribution < -0.4 is 10.2 Å². The Morgan fingerprint density at radius 1 is 1.19 bits per heavy atom. The number of fused-ring (bicyclic) bond motifs is 1. The van der Waals surface area contributed by atoms with Crippen molar-refractivity contribution in [3.63, 3.8) is 0 Å². The maximum atomic E-state index is 11.2. The monoisotopic (exact) mass is 364 g/mol. The highest BCUT2D eigenvalue weighted by atomic mass is 16.1. The predicted molar refractivity (Wildman–Crippen MR) is 107 cm³/mol. The number of aromatic nitrogens is 2. The molecule has 3 unspecified atom stereocenters. The Bertz CT molecular complexity index is 792. The molecule has 1 N–H and O–H groups in total. The van der Waals surface area contributed by atoms with Gasteiger partial charge in [-0.05, 0) is 49.7 Å². The van der Waals surface area contributed by atoms with Crippen molar-refractivity contribution < 1.29 is 4.79 Å². The van der Waals surface area contributed by atoms with Crippen molar-refractivity contribution in [1.29, 1.82) is 0 Å². The van der Waals surface area contributed by atoms with E-state index < -0.39 is 0 Å². The number of hydrogen-bond donors (Lipinski definition) is 1. The first-order valence-electron chi connectivity index (χ1n) is 10.0. The second kappa shape index (κ2) is 7.67. The molecule has 1 saturated heterocycles. The van der Waals surface area contributed by atoms with Gasteiger partial charge in [-0.2, -0.15) is 0 Å². The molecule has 2 aromatic rings. The van der Waals surface area contributed by atoms with Gasteiger partial charge in [0.15, 0.2) is 0 Å². The molecule has 2 heterocycles. The summed E-state index contributed by atoms with van der Waals surface area (Å²) in [5, 5.41) is 2.93. The zero-order valence-corrected chi connectivity index (χ0v) is 16.2. The molecule has 5 heteroatoms. The zero-order valence-electron chi connectivity index (χ0n) is 16.2. The first-order valence-corrected chi connectivity index (χ1v) is 10.0. The van der Waals surface area contributed by atoms with Gasteiger partial charge in [0.05, 0.1) is 5.69 Å². The molecule has 2 aliphatic rings. The lowest BCUT2D eigenvalue weighted by Gasteiger charge is -2.17. The van der Waals surface area contributed by atoms with E-state index in [9.17, 15) is 4.79 Å². The number of hydrogen-bond acceptors (Lipinski definition) is 4. The van der Waals surface area contributed by atoms with Crippen LogP contribution in [0.3, 0.4) is 0 Å². The van der Waals surface area contributed by atoms with Gasteiger partial charge in [-0.15, -0.1) is 0 Å². The molecule has 1 saturated carbocycles. The lowest BCUT2D eigenvalue weighted by molar-refractivity contribution is -0.119. The van der Waals surface area contributed by atoms with Crippen LogP contribution in [0.15, 0.2) is 36.5 Å². The molecular formula is C22H28N4O. The number of nitrogens with one attached hydrogen (secondary N) is 1. The van der Waals surface area contributed by atoms with Crippen molar-refractivity contribution in [1.82, 2.24) is 15.3 Å². The Morgan fingerprint density at radius 3 is 2.56 bits per heavy atom. The molecule has 4 rings (SSSR count). The van der Waals surface area contributed by atoms with Crippen molar-refractivity contribution in [3.8, 4) is 11.3 Å². The molecule has 2 fully saturated rings. The minimum Gasteiger partial charge on any atom is -0.354 e. The summed E-state index contributed by atoms with van der Waals surface area (Å²) in [7, 11) is 0. The van der Waals surface area contributed by atoms with Crippen molar-refractivity contribution in [3.05, 3.63) is 42.1 Å². The molecule has 27 heavy (non-hydrogen) atoms. The summed E-state index contributed by atoms with van der Waals surface area (Å²) in [4.78, 5) is 22.9. The van der Waals surface area contributed by atoms with Gasteiger partial charge in [0.2, 0.25) is 11.9 Å². The second-order valence-corrected chi connectivity index (χ2v) is 8.10. The SMILES string of the molecule is CC(=O)NC(C)Cc1ccc(-c2ccnc(N3CC4CCCC4C3)n2)cc1. The summed E-state index contributed by atoms with van der Waals surface area (Å²) in [5.74, 6) is 2.55. The quantitative estimate of drug-likeness (QED) is 0.883. The van der Waals surface area contributed by atoms with Crippen LogP contribution in [-0.2, 0) is 11.2 Å². The van der Waals surface area contributed by atoms with E-state index in [1.165, 1.54) is 24.8 Å². The van der Waals surface area contributed by atoms with Crippen LogP contribution in [0.5, 0.6) is 0 Å². The van der Waals surface area contributed by atoms with Crippen molar-refractivity contribution in [2.45, 2.75) is 45.6 Å². The standard InChI is InChI=1S/C22H28N4O/c1-15(24-16(2)27)12-17-6-8-18(9-7-17)21-10-11-23-22(25-21)26-13-19-4-3-5-20(19)14-26/h6-11,15,19-20H,3-5,12-14H2,1-2H3,(H,24,27). The van der Waals surface area contributed by atoms with Gasteiger partial charge in [-0.25, -0.2) is 9.97 Å². The topological polar surface area (TPSA) is 58.1 Å². The van der Waals surface area contributed by atoms with E-state index in [2.05, 4.69) is 39.5 Å². The molecular weight excluding hydrogens is 336 g/mol. The summed E-state index contributed by atoms with van der Waals surface area (Å²) in [6.45, 7) is 5.79. The number of rotatable bonds is 5. The molecule has 1 aliphatic heterocycles. The van der Waals surface area contributed by atoms with Gasteiger partial charge in [0, 0.05) is 37.8 Å². The number of nitrogens with zero attached hydrogens (tertiary/aromatic N) is 3. The number of amides is 1. The third-order valence-electron chi connectivity index (χ3n) is 5.89. The number of anilines is 1. The van der Waals surface area contributed by atoms with E-state index in [4.69, 9.17) is 4.98 Å². The lowest BCUT2D eigenvalue weighted by atomic mass is 10.0. The highest BCUT2D eigenvalue weighted by Gasteiger charge is 2.37. The van der Waals surface area contributed by atoms with E-state index in [-0.39, 0.29) is 11.9 Å². The summed E-state index contributed by atoms with van der Waals surface area (Å²) in [5.41, 5.74) is 3.29. The third-order valence-corrected chi connectivity index (χ3v) is 5.89. The Labute approximate surface area is 161 Å². The second-order valence-electron chi connectivity index (χ2n) is 8.10. The van der Waals surface area contributed by atoms with Crippen LogP contribution in [0, 0.1) is 11.8 Å². The number of carbonyl (C=O) groups is 1. The van der Waals surface area contributed by atoms with Crippen LogP contribution in [0.4, 0.5) is 5.95 Å². The number of benzene rings is 1. The van der Waals surface area contributed by atoms with Gasteiger partial charge in [0.1, 0.15) is 0 Å². The Balaban J connectivity index is 1.45. The fourth-order valence-corrected chi connectivity index (χ4v) is 4.62. The van der Waals surface area contributed by atoms with Gasteiger partial charge in [0.25, 0.3) is 0 Å². The van der Waals surface area contributed by atoms with E-state index >= 15 is 0 Å². The molecule has 0 bridgehead atoms. The summed E-state index contributed by atoms with van der Waals surface area (Å²) < 4.78 is 0. The maximum Gasteiger partial charge on any atom is 0.225 e. The smallest absolute Gasteiger partial charge is 0.225 e. The molecule has 1 aliphatic carbocycles. The fraction of sp³-hybridized carbons (Fsp3) is 0.500. The van der Waals surface area contributed by atoms with Gasteiger partial charge in [-0.1, -0.05) is 30.7 Å². The highest BCUT2D eigenvalue weighted by molar-refractivity contribution is 5.73. The Hall–Kier alpha value is -2.43. The highest BCUT2D eigenvalue weighted by Crippen LogP contribution is 2.38. The van der Waals surface area contributed by atoms with Crippen molar-refractivity contribution in [2.75, 3.05) is 18.0 Å². The summed E-state index contributed by atoms with van der Waals surface area (Å²) in [6.07, 6.45) is 6.80. The molecule has 5 nitrogen and oxygen atoms in total. The molecule has 1 amide bonds. The Kier molecular flexibility index (Phi) is 5.10. The van der Waals surface area contributed by atoms with Crippen LogP contribution >= 0.6 is 0 Å². The van der Waals surface area contributed by atoms with Crippen LogP contribution in [0.2, 0.25) is 0 Å². The van der Waals surface area contributed by atoms with E-state index in [1.807, 2.05) is 19.2 Å². The molecule has 0 radical (unpaired) electrons. The van der Waals surface area contributed by atoms with Gasteiger partial charge in [-0.3, -0.25) is 4.79 Å². The first kappa shape index (κ1) is 18.0. The first-order chi connectivity index (χ1) is 13.1. The number of carbonyl (C=O) groups excluding carboxylic acids is 1. The average molecular weight is 364 g/mol. The third kappa shape index (κ3) is 4.12. The van der Waals surface area contributed by atoms with Gasteiger partial charge < -0.3 is 10.2 Å². The average Bonchev–Trinajstić information content (AvgIpc) is 3.24. The van der Waals surface area contributed by atoms with Crippen LogP contribution in [-0.4, -0.2) is 35.0 Å². The van der Waals surface area contributed by atoms with Crippen molar-refractivity contribution >= 4 is 11.9 Å². The molecule has 1 aromatic carbocycles. The molecule has 0 spiro atoms. The normalized spacial score (nSPS) is 22.5. The summed E-state index contributed by atoms with van der Waals surface area (Å²) in [6, 6.07) is 10.6. The Morgan fingerprint density at radius 2 is 1.89 bits per heavy atom. The van der Waals surface area contributed by atoms with Gasteiger partial charge >= 0.3 is 0 Å². The fourth-order valence-electron chi connectivity index (χ4n) is 4.62. The predicted octanol–water partition coefficient (Wildman–Crippen LogP) is 3.45. The van der Waals surface area contributed by atoms with Crippen LogP contribution in [0.25, 0.3) is 11.3 Å². The van der Waals surface area contributed by atoms with Crippen molar-refractivity contribution in [2.24, 2.45) is 11.8 Å². The van der Waals surface area contributed by atoms with E-state index in [0.717, 1.165) is 48.6 Å². The largest absolute Gasteiger partial charge is 0.354 e. The minimum absolute atomic E-state index is 0.0127. The molecule has 1 aromatic heterocycles. The molecule has 3 atom stereocenters. The van der Waals surface area contributed by atoms with E-state index in [1.54, 1.807) is 6.92 Å². The van der Waals surface area contributed by atoms with Crippen LogP contribution in [0.1, 0.15) is 38.7 Å². The zero-order chi connectivity index (χ0) is 18.8. The maximum absolute atomic E-state index is 11.2. The lowest BCUT2D eigenvalue weighted by Crippen LogP contribution is -2.31.